The normalized spacial score (nSPS) is 12.9. The largest absolute Gasteiger partial charge is 0.443 e. The van der Waals surface area contributed by atoms with E-state index in [1.807, 2.05) is 13.8 Å². The van der Waals surface area contributed by atoms with Gasteiger partial charge in [0.15, 0.2) is 5.71 Å². The number of carbonyl (C=O) groups excluding carboxylic acids is 2. The molecule has 7 nitrogen and oxygen atoms in total. The van der Waals surface area contributed by atoms with Gasteiger partial charge in [-0.1, -0.05) is 12.1 Å². The molecule has 0 aliphatic rings. The lowest BCUT2D eigenvalue weighted by Gasteiger charge is -2.30. The molecular formula is C22H26FN3O4. The summed E-state index contributed by atoms with van der Waals surface area (Å²) in [5, 5.41) is 12.6. The number of benzene rings is 1. The van der Waals surface area contributed by atoms with Crippen LogP contribution in [0.1, 0.15) is 57.0 Å². The van der Waals surface area contributed by atoms with Crippen molar-refractivity contribution in [2.75, 3.05) is 4.90 Å². The number of ether oxygens (including phenoxy) is 1. The van der Waals surface area contributed by atoms with Crippen LogP contribution in [0.2, 0.25) is 0 Å². The topological polar surface area (TPSA) is 92.1 Å². The van der Waals surface area contributed by atoms with Crippen molar-refractivity contribution in [2.24, 2.45) is 5.16 Å². The standard InChI is InChI=1S/C22H26FN3O4/c1-6-14(2)26(21(28)30-22(3,4)5)18-13-16(11-12-24-18)19(25-29)20(27)15-7-9-17(23)10-8-15/h7-14,29H,6H2,1-5H3/b25-19-. The first kappa shape index (κ1) is 23.0. The molecule has 2 rings (SSSR count). The lowest BCUT2D eigenvalue weighted by atomic mass is 10.0. The predicted octanol–water partition coefficient (Wildman–Crippen LogP) is 4.82. The highest BCUT2D eigenvalue weighted by molar-refractivity contribution is 6.51. The quantitative estimate of drug-likeness (QED) is 0.316. The van der Waals surface area contributed by atoms with Crippen LogP contribution in [-0.4, -0.2) is 39.4 Å². The summed E-state index contributed by atoms with van der Waals surface area (Å²) in [6, 6.07) is 7.63. The maximum Gasteiger partial charge on any atom is 0.416 e. The van der Waals surface area contributed by atoms with Crippen molar-refractivity contribution in [1.82, 2.24) is 4.98 Å². The molecule has 0 saturated carbocycles. The Morgan fingerprint density at radius 2 is 1.83 bits per heavy atom. The highest BCUT2D eigenvalue weighted by Gasteiger charge is 2.28. The molecule has 1 unspecified atom stereocenters. The fraction of sp³-hybridized carbons (Fsp3) is 0.364. The first-order valence-corrected chi connectivity index (χ1v) is 9.58. The van der Waals surface area contributed by atoms with Crippen LogP contribution in [0.5, 0.6) is 0 Å². The van der Waals surface area contributed by atoms with Gasteiger partial charge in [-0.2, -0.15) is 0 Å². The van der Waals surface area contributed by atoms with Crippen LogP contribution in [0.4, 0.5) is 15.0 Å². The molecule has 2 aromatic rings. The van der Waals surface area contributed by atoms with Crippen molar-refractivity contribution in [1.29, 1.82) is 0 Å². The smallest absolute Gasteiger partial charge is 0.416 e. The zero-order valence-electron chi connectivity index (χ0n) is 17.7. The average Bonchev–Trinajstić information content (AvgIpc) is 2.68. The minimum absolute atomic E-state index is 0.161. The number of nitrogens with zero attached hydrogens (tertiary/aromatic N) is 3. The second kappa shape index (κ2) is 9.47. The van der Waals surface area contributed by atoms with Crippen LogP contribution >= 0.6 is 0 Å². The average molecular weight is 415 g/mol. The van der Waals surface area contributed by atoms with Gasteiger partial charge in [0, 0.05) is 23.4 Å². The van der Waals surface area contributed by atoms with Crippen LogP contribution in [0.15, 0.2) is 47.8 Å². The van der Waals surface area contributed by atoms with E-state index >= 15 is 0 Å². The van der Waals surface area contributed by atoms with Crippen molar-refractivity contribution in [3.05, 3.63) is 59.5 Å². The number of hydrogen-bond acceptors (Lipinski definition) is 6. The molecule has 1 N–H and O–H groups in total. The number of hydrogen-bond donors (Lipinski definition) is 1. The Labute approximate surface area is 175 Å². The molecule has 0 bridgehead atoms. The van der Waals surface area contributed by atoms with Gasteiger partial charge in [-0.3, -0.25) is 9.69 Å². The van der Waals surface area contributed by atoms with Crippen molar-refractivity contribution < 1.29 is 23.9 Å². The van der Waals surface area contributed by atoms with Gasteiger partial charge in [0.05, 0.1) is 0 Å². The summed E-state index contributed by atoms with van der Waals surface area (Å²) in [4.78, 5) is 31.2. The molecule has 0 aliphatic heterocycles. The van der Waals surface area contributed by atoms with Gasteiger partial charge in [0.2, 0.25) is 5.78 Å². The molecule has 8 heteroatoms. The van der Waals surface area contributed by atoms with Crippen molar-refractivity contribution in [2.45, 2.75) is 52.7 Å². The van der Waals surface area contributed by atoms with Crippen molar-refractivity contribution >= 4 is 23.4 Å². The summed E-state index contributed by atoms with van der Waals surface area (Å²) >= 11 is 0. The summed E-state index contributed by atoms with van der Waals surface area (Å²) in [6.07, 6.45) is 1.47. The molecule has 1 atom stereocenters. The second-order valence-corrected chi connectivity index (χ2v) is 7.79. The lowest BCUT2D eigenvalue weighted by molar-refractivity contribution is 0.0565. The van der Waals surface area contributed by atoms with Crippen LogP contribution in [-0.2, 0) is 4.74 Å². The molecule has 0 radical (unpaired) electrons. The molecule has 0 saturated heterocycles. The van der Waals surface area contributed by atoms with E-state index < -0.39 is 23.3 Å². The van der Waals surface area contributed by atoms with E-state index in [0.29, 0.717) is 6.42 Å². The fourth-order valence-corrected chi connectivity index (χ4v) is 2.66. The minimum atomic E-state index is -0.698. The Hall–Kier alpha value is -3.29. The first-order valence-electron chi connectivity index (χ1n) is 9.58. The third kappa shape index (κ3) is 5.62. The summed E-state index contributed by atoms with van der Waals surface area (Å²) in [5.74, 6) is -0.826. The molecule has 1 heterocycles. The Morgan fingerprint density at radius 3 is 2.37 bits per heavy atom. The Morgan fingerprint density at radius 1 is 1.20 bits per heavy atom. The van der Waals surface area contributed by atoms with Gasteiger partial charge in [-0.15, -0.1) is 0 Å². The van der Waals surface area contributed by atoms with Crippen molar-refractivity contribution in [3.63, 3.8) is 0 Å². The maximum atomic E-state index is 13.2. The summed E-state index contributed by atoms with van der Waals surface area (Å²) in [7, 11) is 0. The summed E-state index contributed by atoms with van der Waals surface area (Å²) in [5.41, 5.74) is -0.530. The van der Waals surface area contributed by atoms with E-state index in [1.165, 1.54) is 35.4 Å². The summed E-state index contributed by atoms with van der Waals surface area (Å²) in [6.45, 7) is 9.07. The number of carbonyl (C=O) groups is 2. The third-order valence-electron chi connectivity index (χ3n) is 4.31. The van der Waals surface area contributed by atoms with Crippen molar-refractivity contribution in [3.8, 4) is 0 Å². The Balaban J connectivity index is 2.43. The highest BCUT2D eigenvalue weighted by atomic mass is 19.1. The van der Waals surface area contributed by atoms with Crippen LogP contribution in [0.25, 0.3) is 0 Å². The molecule has 160 valence electrons. The first-order chi connectivity index (χ1) is 14.1. The van der Waals surface area contributed by atoms with Gasteiger partial charge in [0.1, 0.15) is 17.2 Å². The van der Waals surface area contributed by atoms with Crippen LogP contribution < -0.4 is 4.90 Å². The number of amides is 1. The molecule has 1 amide bonds. The van der Waals surface area contributed by atoms with E-state index in [-0.39, 0.29) is 28.7 Å². The zero-order chi connectivity index (χ0) is 22.5. The highest BCUT2D eigenvalue weighted by Crippen LogP contribution is 2.22. The second-order valence-electron chi connectivity index (χ2n) is 7.79. The third-order valence-corrected chi connectivity index (χ3v) is 4.31. The fourth-order valence-electron chi connectivity index (χ4n) is 2.66. The number of ketones is 1. The molecule has 1 aromatic carbocycles. The van der Waals surface area contributed by atoms with Gasteiger partial charge >= 0.3 is 6.09 Å². The lowest BCUT2D eigenvalue weighted by Crippen LogP contribution is -2.42. The molecule has 0 aliphatic carbocycles. The number of halogens is 1. The Bertz CT molecular complexity index is 936. The monoisotopic (exact) mass is 415 g/mol. The number of pyridine rings is 1. The molecule has 30 heavy (non-hydrogen) atoms. The zero-order valence-corrected chi connectivity index (χ0v) is 17.7. The molecular weight excluding hydrogens is 389 g/mol. The number of aromatic nitrogens is 1. The molecule has 0 fully saturated rings. The van der Waals surface area contributed by atoms with E-state index in [4.69, 9.17) is 4.74 Å². The molecule has 0 spiro atoms. The van der Waals surface area contributed by atoms with Gasteiger partial charge < -0.3 is 9.94 Å². The minimum Gasteiger partial charge on any atom is -0.443 e. The van der Waals surface area contributed by atoms with Gasteiger partial charge in [-0.05, 0) is 70.5 Å². The van der Waals surface area contributed by atoms with Crippen LogP contribution in [0.3, 0.4) is 0 Å². The Kier molecular flexibility index (Phi) is 7.26. The van der Waals surface area contributed by atoms with Gasteiger partial charge in [-0.25, -0.2) is 14.2 Å². The SMILES string of the molecule is CCC(C)N(C(=O)OC(C)(C)C)c1cc(/C(=N/O)C(=O)c2ccc(F)cc2)ccn1. The van der Waals surface area contributed by atoms with E-state index in [9.17, 15) is 19.2 Å². The van der Waals surface area contributed by atoms with E-state index in [0.717, 1.165) is 12.1 Å². The van der Waals surface area contributed by atoms with E-state index in [1.54, 1.807) is 20.8 Å². The number of Topliss-reactive ketones (excluding diaryl/α,β-unsaturated/α-hetero) is 1. The van der Waals surface area contributed by atoms with Crippen LogP contribution in [0, 0.1) is 5.82 Å². The summed E-state index contributed by atoms with van der Waals surface area (Å²) < 4.78 is 18.6. The number of oxime groups is 1. The maximum absolute atomic E-state index is 13.2. The number of anilines is 1. The predicted molar refractivity (Wildman–Crippen MR) is 112 cm³/mol. The van der Waals surface area contributed by atoms with E-state index in [2.05, 4.69) is 10.1 Å². The van der Waals surface area contributed by atoms with Gasteiger partial charge in [0.25, 0.3) is 0 Å². The molecule has 1 aromatic heterocycles. The number of rotatable bonds is 6.